The number of amides is 1. The van der Waals surface area contributed by atoms with E-state index in [1.54, 1.807) is 12.1 Å². The Kier molecular flexibility index (Phi) is 5.93. The van der Waals surface area contributed by atoms with Gasteiger partial charge in [0.1, 0.15) is 5.82 Å². The molecule has 0 aliphatic rings. The molecule has 0 aliphatic heterocycles. The summed E-state index contributed by atoms with van der Waals surface area (Å²) in [5.41, 5.74) is 1.58. The molecule has 2 rings (SSSR count). The minimum Gasteiger partial charge on any atom is -0.452 e. The first-order valence-electron chi connectivity index (χ1n) is 7.37. The van der Waals surface area contributed by atoms with Crippen molar-refractivity contribution in [3.05, 3.63) is 64.4 Å². The van der Waals surface area contributed by atoms with Crippen molar-refractivity contribution in [3.63, 3.8) is 0 Å². The molecular weight excluding hydrogens is 333 g/mol. The number of nitrogens with one attached hydrogen (secondary N) is 1. The van der Waals surface area contributed by atoms with E-state index in [1.807, 2.05) is 19.1 Å². The Bertz CT molecular complexity index is 743. The molecule has 0 saturated carbocycles. The number of hydrogen-bond donors (Lipinski definition) is 1. The van der Waals surface area contributed by atoms with Crippen molar-refractivity contribution in [2.24, 2.45) is 0 Å². The average Bonchev–Trinajstić information content (AvgIpc) is 2.53. The van der Waals surface area contributed by atoms with E-state index in [-0.39, 0.29) is 17.0 Å². The summed E-state index contributed by atoms with van der Waals surface area (Å²) in [6.07, 6.45) is -1.35. The molecule has 0 aromatic heterocycles. The van der Waals surface area contributed by atoms with Gasteiger partial charge in [-0.1, -0.05) is 35.9 Å². The number of ether oxygens (including phenoxy) is 1. The van der Waals surface area contributed by atoms with Crippen molar-refractivity contribution in [1.29, 1.82) is 0 Å². The van der Waals surface area contributed by atoms with Crippen LogP contribution in [0.4, 0.5) is 10.1 Å². The Balaban J connectivity index is 1.96. The molecule has 0 spiro atoms. The van der Waals surface area contributed by atoms with Crippen LogP contribution in [0.5, 0.6) is 0 Å². The maximum Gasteiger partial charge on any atom is 0.311 e. The van der Waals surface area contributed by atoms with Gasteiger partial charge in [-0.15, -0.1) is 0 Å². The Morgan fingerprint density at radius 1 is 1.21 bits per heavy atom. The Morgan fingerprint density at radius 3 is 2.58 bits per heavy atom. The van der Waals surface area contributed by atoms with E-state index in [0.717, 1.165) is 5.56 Å². The van der Waals surface area contributed by atoms with Gasteiger partial charge in [0.25, 0.3) is 5.91 Å². The Labute approximate surface area is 144 Å². The van der Waals surface area contributed by atoms with Gasteiger partial charge in [0.2, 0.25) is 0 Å². The second kappa shape index (κ2) is 7.93. The summed E-state index contributed by atoms with van der Waals surface area (Å²) < 4.78 is 18.7. The Hall–Kier alpha value is -2.40. The number of benzene rings is 2. The van der Waals surface area contributed by atoms with Crippen LogP contribution in [0.15, 0.2) is 42.5 Å². The fraction of sp³-hybridized carbons (Fsp3) is 0.222. The molecular formula is C18H17ClFNO3. The molecule has 0 heterocycles. The van der Waals surface area contributed by atoms with Gasteiger partial charge >= 0.3 is 5.97 Å². The summed E-state index contributed by atoms with van der Waals surface area (Å²) in [5, 5.41) is 2.83. The van der Waals surface area contributed by atoms with E-state index < -0.39 is 23.8 Å². The summed E-state index contributed by atoms with van der Waals surface area (Å²) in [7, 11) is 0. The zero-order valence-electron chi connectivity index (χ0n) is 13.3. The van der Waals surface area contributed by atoms with Crippen molar-refractivity contribution in [1.82, 2.24) is 0 Å². The van der Waals surface area contributed by atoms with Gasteiger partial charge in [-0.25, -0.2) is 4.39 Å². The van der Waals surface area contributed by atoms with Crippen LogP contribution in [0.2, 0.25) is 5.02 Å². The molecule has 4 nitrogen and oxygen atoms in total. The van der Waals surface area contributed by atoms with Crippen LogP contribution in [-0.2, 0) is 20.7 Å². The van der Waals surface area contributed by atoms with E-state index in [9.17, 15) is 14.0 Å². The summed E-state index contributed by atoms with van der Waals surface area (Å²) in [4.78, 5) is 24.0. The first-order chi connectivity index (χ1) is 11.4. The predicted molar refractivity (Wildman–Crippen MR) is 90.5 cm³/mol. The first kappa shape index (κ1) is 17.9. The number of para-hydroxylation sites is 1. The van der Waals surface area contributed by atoms with Gasteiger partial charge in [0.05, 0.1) is 6.42 Å². The van der Waals surface area contributed by atoms with Crippen LogP contribution in [0.1, 0.15) is 18.1 Å². The molecule has 2 aromatic rings. The van der Waals surface area contributed by atoms with E-state index in [4.69, 9.17) is 16.3 Å². The summed E-state index contributed by atoms with van der Waals surface area (Å²) in [6, 6.07) is 11.4. The average molecular weight is 350 g/mol. The summed E-state index contributed by atoms with van der Waals surface area (Å²) >= 11 is 5.87. The number of esters is 1. The number of aryl methyl sites for hydroxylation is 1. The largest absolute Gasteiger partial charge is 0.452 e. The maximum atomic E-state index is 13.7. The van der Waals surface area contributed by atoms with Crippen LogP contribution in [0.3, 0.4) is 0 Å². The van der Waals surface area contributed by atoms with E-state index in [2.05, 4.69) is 5.32 Å². The third-order valence-electron chi connectivity index (χ3n) is 3.46. The predicted octanol–water partition coefficient (Wildman–Crippen LogP) is 3.90. The number of carbonyl (C=O) groups excluding carboxylic acids is 2. The molecule has 0 radical (unpaired) electrons. The van der Waals surface area contributed by atoms with Crippen molar-refractivity contribution in [3.8, 4) is 0 Å². The molecule has 0 fully saturated rings. The van der Waals surface area contributed by atoms with Gasteiger partial charge in [-0.2, -0.15) is 0 Å². The molecule has 6 heteroatoms. The van der Waals surface area contributed by atoms with E-state index >= 15 is 0 Å². The van der Waals surface area contributed by atoms with Gasteiger partial charge < -0.3 is 10.1 Å². The number of halogens is 2. The zero-order valence-corrected chi connectivity index (χ0v) is 14.1. The lowest BCUT2D eigenvalue weighted by Crippen LogP contribution is -2.30. The zero-order chi connectivity index (χ0) is 17.7. The summed E-state index contributed by atoms with van der Waals surface area (Å²) in [5.74, 6) is -1.77. The van der Waals surface area contributed by atoms with Crippen molar-refractivity contribution >= 4 is 29.2 Å². The van der Waals surface area contributed by atoms with Crippen LogP contribution < -0.4 is 5.32 Å². The molecule has 0 bridgehead atoms. The minimum absolute atomic E-state index is 0.0516. The third-order valence-corrected chi connectivity index (χ3v) is 3.82. The lowest BCUT2D eigenvalue weighted by atomic mass is 10.1. The maximum absolute atomic E-state index is 13.7. The highest BCUT2D eigenvalue weighted by Gasteiger charge is 2.20. The third kappa shape index (κ3) is 4.55. The highest BCUT2D eigenvalue weighted by molar-refractivity contribution is 6.31. The highest BCUT2D eigenvalue weighted by atomic mass is 35.5. The molecule has 24 heavy (non-hydrogen) atoms. The second-order valence-electron chi connectivity index (χ2n) is 5.31. The summed E-state index contributed by atoms with van der Waals surface area (Å²) in [6.45, 7) is 3.31. The van der Waals surface area contributed by atoms with Crippen molar-refractivity contribution in [2.45, 2.75) is 26.4 Å². The molecule has 2 aromatic carbocycles. The smallest absolute Gasteiger partial charge is 0.311 e. The second-order valence-corrected chi connectivity index (χ2v) is 5.72. The first-order valence-corrected chi connectivity index (χ1v) is 7.75. The number of hydrogen-bond acceptors (Lipinski definition) is 3. The fourth-order valence-electron chi connectivity index (χ4n) is 2.09. The van der Waals surface area contributed by atoms with Crippen LogP contribution in [0.25, 0.3) is 0 Å². The van der Waals surface area contributed by atoms with Gasteiger partial charge in [0, 0.05) is 16.3 Å². The standard InChI is InChI=1S/C18H17ClFNO3/c1-11-6-3-4-9-16(11)21-18(23)12(2)24-17(22)10-13-14(19)7-5-8-15(13)20/h3-9,12H,10H2,1-2H3,(H,21,23). The molecule has 1 amide bonds. The van der Waals surface area contributed by atoms with Crippen molar-refractivity contribution < 1.29 is 18.7 Å². The van der Waals surface area contributed by atoms with Gasteiger partial charge in [0.15, 0.2) is 6.10 Å². The molecule has 0 aliphatic carbocycles. The molecule has 126 valence electrons. The lowest BCUT2D eigenvalue weighted by molar-refractivity contribution is -0.152. The van der Waals surface area contributed by atoms with Crippen molar-refractivity contribution in [2.75, 3.05) is 5.32 Å². The van der Waals surface area contributed by atoms with E-state index in [0.29, 0.717) is 5.69 Å². The quantitative estimate of drug-likeness (QED) is 0.833. The number of rotatable bonds is 5. The monoisotopic (exact) mass is 349 g/mol. The topological polar surface area (TPSA) is 55.4 Å². The number of carbonyl (C=O) groups is 2. The molecule has 1 N–H and O–H groups in total. The minimum atomic E-state index is -1.01. The van der Waals surface area contributed by atoms with Gasteiger partial charge in [-0.05, 0) is 37.6 Å². The molecule has 1 unspecified atom stereocenters. The SMILES string of the molecule is Cc1ccccc1NC(=O)C(C)OC(=O)Cc1c(F)cccc1Cl. The highest BCUT2D eigenvalue weighted by Crippen LogP contribution is 2.20. The fourth-order valence-corrected chi connectivity index (χ4v) is 2.32. The van der Waals surface area contributed by atoms with Crippen LogP contribution in [0, 0.1) is 12.7 Å². The number of anilines is 1. The van der Waals surface area contributed by atoms with Crippen LogP contribution in [-0.4, -0.2) is 18.0 Å². The van der Waals surface area contributed by atoms with Gasteiger partial charge in [-0.3, -0.25) is 9.59 Å². The van der Waals surface area contributed by atoms with Crippen LogP contribution >= 0.6 is 11.6 Å². The molecule has 0 saturated heterocycles. The lowest BCUT2D eigenvalue weighted by Gasteiger charge is -2.15. The van der Waals surface area contributed by atoms with E-state index in [1.165, 1.54) is 25.1 Å². The normalized spacial score (nSPS) is 11.7. The Morgan fingerprint density at radius 2 is 1.92 bits per heavy atom. The molecule has 1 atom stereocenters.